The van der Waals surface area contributed by atoms with E-state index in [0.717, 1.165) is 18.4 Å². The first-order chi connectivity index (χ1) is 11.1. The van der Waals surface area contributed by atoms with Crippen LogP contribution in [0.4, 0.5) is 4.39 Å². The second kappa shape index (κ2) is 6.66. The Morgan fingerprint density at radius 2 is 2.04 bits per heavy atom. The molecule has 23 heavy (non-hydrogen) atoms. The normalized spacial score (nSPS) is 27.2. The molecule has 0 radical (unpaired) electrons. The minimum absolute atomic E-state index is 0.122. The van der Waals surface area contributed by atoms with Crippen LogP contribution in [0.2, 0.25) is 0 Å². The molecule has 2 aliphatic rings. The number of esters is 1. The van der Waals surface area contributed by atoms with Gasteiger partial charge in [-0.2, -0.15) is 0 Å². The number of nitrogens with zero attached hydrogens (tertiary/aromatic N) is 1. The number of hydrogen-bond acceptors (Lipinski definition) is 4. The van der Waals surface area contributed by atoms with Crippen LogP contribution < -0.4 is 0 Å². The van der Waals surface area contributed by atoms with Crippen LogP contribution in [0.1, 0.15) is 37.3 Å². The summed E-state index contributed by atoms with van der Waals surface area (Å²) in [7, 11) is 1.31. The minimum Gasteiger partial charge on any atom is -0.467 e. The highest BCUT2D eigenvalue weighted by atomic mass is 19.1. The standard InChI is InChI=1S/C17H20FNO4/c1-22-17(21)15-8-7-14(23-15)16(20)19-9-3-6-13(19)11-4-2-5-12(18)10-11/h2,4-5,10,13-15H,3,6-9H2,1H3/t13-,14-,15-/m0/s1. The van der Waals surface area contributed by atoms with Crippen LogP contribution in [0.15, 0.2) is 24.3 Å². The lowest BCUT2D eigenvalue weighted by molar-refractivity contribution is -0.157. The maximum atomic E-state index is 13.4. The molecule has 2 heterocycles. The molecule has 0 unspecified atom stereocenters. The molecule has 1 amide bonds. The average Bonchev–Trinajstić information content (AvgIpc) is 3.22. The van der Waals surface area contributed by atoms with Crippen molar-refractivity contribution in [1.82, 2.24) is 4.90 Å². The number of halogens is 1. The van der Waals surface area contributed by atoms with Crippen molar-refractivity contribution in [2.75, 3.05) is 13.7 Å². The molecule has 1 aromatic rings. The van der Waals surface area contributed by atoms with Gasteiger partial charge < -0.3 is 14.4 Å². The molecule has 5 nitrogen and oxygen atoms in total. The monoisotopic (exact) mass is 321 g/mol. The molecule has 0 N–H and O–H groups in total. The van der Waals surface area contributed by atoms with Gasteiger partial charge in [0.05, 0.1) is 13.2 Å². The third-order valence-electron chi connectivity index (χ3n) is 4.53. The van der Waals surface area contributed by atoms with Gasteiger partial charge in [-0.05, 0) is 43.4 Å². The fraction of sp³-hybridized carbons (Fsp3) is 0.529. The Labute approximate surface area is 134 Å². The third kappa shape index (κ3) is 3.22. The van der Waals surface area contributed by atoms with Crippen molar-refractivity contribution < 1.29 is 23.5 Å². The van der Waals surface area contributed by atoms with Crippen LogP contribution in [0, 0.1) is 5.82 Å². The second-order valence-corrected chi connectivity index (χ2v) is 5.96. The van der Waals surface area contributed by atoms with Crippen molar-refractivity contribution in [3.8, 4) is 0 Å². The van der Waals surface area contributed by atoms with Gasteiger partial charge in [0.1, 0.15) is 11.9 Å². The summed E-state index contributed by atoms with van der Waals surface area (Å²) in [5.74, 6) is -0.865. The van der Waals surface area contributed by atoms with Gasteiger partial charge in [0.25, 0.3) is 5.91 Å². The lowest BCUT2D eigenvalue weighted by Gasteiger charge is -2.27. The van der Waals surface area contributed by atoms with Crippen molar-refractivity contribution >= 4 is 11.9 Å². The molecule has 0 spiro atoms. The maximum absolute atomic E-state index is 13.4. The molecule has 3 rings (SSSR count). The summed E-state index contributed by atoms with van der Waals surface area (Å²) in [6.07, 6.45) is 1.40. The van der Waals surface area contributed by atoms with Gasteiger partial charge in [-0.25, -0.2) is 9.18 Å². The molecule has 2 saturated heterocycles. The number of rotatable bonds is 3. The average molecular weight is 321 g/mol. The summed E-state index contributed by atoms with van der Waals surface area (Å²) >= 11 is 0. The van der Waals surface area contributed by atoms with Gasteiger partial charge in [-0.1, -0.05) is 12.1 Å². The minimum atomic E-state index is -0.663. The first-order valence-corrected chi connectivity index (χ1v) is 7.89. The van der Waals surface area contributed by atoms with Crippen LogP contribution >= 0.6 is 0 Å². The van der Waals surface area contributed by atoms with Crippen LogP contribution in [-0.2, 0) is 19.1 Å². The Hall–Kier alpha value is -1.95. The lowest BCUT2D eigenvalue weighted by Crippen LogP contribution is -2.39. The van der Waals surface area contributed by atoms with Gasteiger partial charge in [0.15, 0.2) is 6.10 Å². The smallest absolute Gasteiger partial charge is 0.335 e. The number of carbonyl (C=O) groups excluding carboxylic acids is 2. The maximum Gasteiger partial charge on any atom is 0.335 e. The summed E-state index contributed by atoms with van der Waals surface area (Å²) in [6, 6.07) is 6.24. The molecule has 0 saturated carbocycles. The van der Waals surface area contributed by atoms with Gasteiger partial charge in [0.2, 0.25) is 0 Å². The molecule has 2 fully saturated rings. The molecule has 1 aromatic carbocycles. The Morgan fingerprint density at radius 1 is 1.26 bits per heavy atom. The predicted octanol–water partition coefficient (Wildman–Crippen LogP) is 2.21. The molecular weight excluding hydrogens is 301 g/mol. The molecule has 0 aromatic heterocycles. The summed E-state index contributed by atoms with van der Waals surface area (Å²) < 4.78 is 23.7. The fourth-order valence-electron chi connectivity index (χ4n) is 3.40. The molecule has 0 bridgehead atoms. The van der Waals surface area contributed by atoms with E-state index in [1.165, 1.54) is 19.2 Å². The van der Waals surface area contributed by atoms with Crippen molar-refractivity contribution in [2.24, 2.45) is 0 Å². The number of amides is 1. The zero-order valence-corrected chi connectivity index (χ0v) is 13.0. The summed E-state index contributed by atoms with van der Waals surface area (Å²) in [6.45, 7) is 0.628. The first kappa shape index (κ1) is 15.9. The Bertz CT molecular complexity index is 606. The van der Waals surface area contributed by atoms with Crippen molar-refractivity contribution in [1.29, 1.82) is 0 Å². The van der Waals surface area contributed by atoms with Crippen LogP contribution in [0.5, 0.6) is 0 Å². The number of carbonyl (C=O) groups is 2. The van der Waals surface area contributed by atoms with Crippen molar-refractivity contribution in [3.05, 3.63) is 35.6 Å². The second-order valence-electron chi connectivity index (χ2n) is 5.96. The molecule has 2 aliphatic heterocycles. The fourth-order valence-corrected chi connectivity index (χ4v) is 3.40. The zero-order chi connectivity index (χ0) is 16.4. The first-order valence-electron chi connectivity index (χ1n) is 7.89. The number of likely N-dealkylation sites (tertiary alicyclic amines) is 1. The number of hydrogen-bond donors (Lipinski definition) is 0. The Balaban J connectivity index is 1.70. The van der Waals surface area contributed by atoms with E-state index < -0.39 is 18.2 Å². The SMILES string of the molecule is COC(=O)[C@@H]1CC[C@@H](C(=O)N2CCC[C@H]2c2cccc(F)c2)O1. The highest BCUT2D eigenvalue weighted by Crippen LogP contribution is 2.34. The lowest BCUT2D eigenvalue weighted by atomic mass is 10.0. The third-order valence-corrected chi connectivity index (χ3v) is 4.53. The van der Waals surface area contributed by atoms with E-state index in [-0.39, 0.29) is 17.8 Å². The molecule has 6 heteroatoms. The van der Waals surface area contributed by atoms with E-state index in [0.29, 0.717) is 19.4 Å². The van der Waals surface area contributed by atoms with E-state index in [1.807, 2.05) is 6.07 Å². The van der Waals surface area contributed by atoms with Crippen LogP contribution in [0.25, 0.3) is 0 Å². The number of ether oxygens (including phenoxy) is 2. The van der Waals surface area contributed by atoms with Gasteiger partial charge in [-0.3, -0.25) is 4.79 Å². The summed E-state index contributed by atoms with van der Waals surface area (Å²) in [4.78, 5) is 26.0. The van der Waals surface area contributed by atoms with E-state index in [1.54, 1.807) is 11.0 Å². The van der Waals surface area contributed by atoms with Gasteiger partial charge in [0, 0.05) is 6.54 Å². The largest absolute Gasteiger partial charge is 0.467 e. The molecule has 124 valence electrons. The number of methoxy groups -OCH3 is 1. The molecular formula is C17H20FNO4. The topological polar surface area (TPSA) is 55.8 Å². The van der Waals surface area contributed by atoms with Crippen molar-refractivity contribution in [2.45, 2.75) is 43.9 Å². The van der Waals surface area contributed by atoms with Crippen molar-refractivity contribution in [3.63, 3.8) is 0 Å². The predicted molar refractivity (Wildman–Crippen MR) is 80.0 cm³/mol. The van der Waals surface area contributed by atoms with Crippen LogP contribution in [0.3, 0.4) is 0 Å². The molecule has 0 aliphatic carbocycles. The zero-order valence-electron chi connectivity index (χ0n) is 13.0. The van der Waals surface area contributed by atoms with E-state index in [9.17, 15) is 14.0 Å². The van der Waals surface area contributed by atoms with Gasteiger partial charge in [-0.15, -0.1) is 0 Å². The molecule has 3 atom stereocenters. The number of benzene rings is 1. The Kier molecular flexibility index (Phi) is 4.61. The summed E-state index contributed by atoms with van der Waals surface area (Å²) in [5, 5.41) is 0. The Morgan fingerprint density at radius 3 is 2.78 bits per heavy atom. The summed E-state index contributed by atoms with van der Waals surface area (Å²) in [5.41, 5.74) is 0.804. The van der Waals surface area contributed by atoms with Gasteiger partial charge >= 0.3 is 5.97 Å². The van der Waals surface area contributed by atoms with Crippen LogP contribution in [-0.4, -0.2) is 42.6 Å². The highest BCUT2D eigenvalue weighted by Gasteiger charge is 2.40. The van der Waals surface area contributed by atoms with E-state index in [4.69, 9.17) is 4.74 Å². The van der Waals surface area contributed by atoms with E-state index in [2.05, 4.69) is 4.74 Å². The van der Waals surface area contributed by atoms with E-state index >= 15 is 0 Å². The highest BCUT2D eigenvalue weighted by molar-refractivity contribution is 5.83. The quantitative estimate of drug-likeness (QED) is 0.801.